The number of carbonyl (C=O) groups excluding carboxylic acids is 2. The molecule has 47 heavy (non-hydrogen) atoms. The zero-order chi connectivity index (χ0) is 35.2. The summed E-state index contributed by atoms with van der Waals surface area (Å²) in [6.45, 7) is -5.39. The van der Waals surface area contributed by atoms with E-state index in [1.807, 2.05) is 0 Å². The molecule has 0 aliphatic heterocycles. The highest BCUT2D eigenvalue weighted by molar-refractivity contribution is 6.00. The third kappa shape index (κ3) is 5.89. The van der Waals surface area contributed by atoms with Gasteiger partial charge < -0.3 is 9.47 Å². The maximum Gasteiger partial charge on any atom is 0.361 e. The maximum absolute atomic E-state index is 14.3. The molecule has 1 heterocycles. The van der Waals surface area contributed by atoms with Crippen molar-refractivity contribution in [2.75, 3.05) is 0 Å². The molecule has 22 heteroatoms. The molecule has 0 radical (unpaired) electrons. The van der Waals surface area contributed by atoms with Crippen LogP contribution in [0, 0.1) is 87.3 Å². The normalized spacial score (nSPS) is 11.3. The van der Waals surface area contributed by atoms with Crippen molar-refractivity contribution in [1.29, 1.82) is 0 Å². The quantitative estimate of drug-likeness (QED) is 0.0955. The van der Waals surface area contributed by atoms with Crippen LogP contribution in [0.25, 0.3) is 0 Å². The summed E-state index contributed by atoms with van der Waals surface area (Å²) < 4.78 is 215. The fraction of sp³-hybridized carbons (Fsp3) is 0.120. The SMILES string of the molecule is O=C(OCc1c(F)c(F)c(F)c(F)c1F)c1nnn(Cc2c(F)c(F)c(F)c(F)c2F)c1C(=O)OCc1c(F)c(F)c(F)c(F)c1F. The second kappa shape index (κ2) is 12.8. The first-order chi connectivity index (χ1) is 21.9. The lowest BCUT2D eigenvalue weighted by atomic mass is 10.1. The minimum atomic E-state index is -2.64. The minimum Gasteiger partial charge on any atom is -0.456 e. The van der Waals surface area contributed by atoms with Gasteiger partial charge in [0.05, 0.1) is 23.2 Å². The number of halogens is 15. The van der Waals surface area contributed by atoms with Crippen molar-refractivity contribution < 1.29 is 84.9 Å². The molecule has 0 N–H and O–H groups in total. The van der Waals surface area contributed by atoms with Crippen LogP contribution in [-0.4, -0.2) is 26.9 Å². The Morgan fingerprint density at radius 2 is 0.745 bits per heavy atom. The molecule has 4 rings (SSSR count). The lowest BCUT2D eigenvalue weighted by Gasteiger charge is -2.12. The number of nitrogens with zero attached hydrogens (tertiary/aromatic N) is 3. The molecule has 0 saturated carbocycles. The van der Waals surface area contributed by atoms with E-state index in [1.165, 1.54) is 0 Å². The van der Waals surface area contributed by atoms with Gasteiger partial charge in [-0.15, -0.1) is 5.10 Å². The number of hydrogen-bond acceptors (Lipinski definition) is 6. The Kier molecular flexibility index (Phi) is 9.43. The molecular weight excluding hydrogens is 691 g/mol. The molecule has 4 aromatic rings. The van der Waals surface area contributed by atoms with E-state index in [-0.39, 0.29) is 4.68 Å². The van der Waals surface area contributed by atoms with Gasteiger partial charge in [0.25, 0.3) is 0 Å². The van der Waals surface area contributed by atoms with Gasteiger partial charge in [-0.1, -0.05) is 5.21 Å². The summed E-state index contributed by atoms with van der Waals surface area (Å²) in [5, 5.41) is 6.04. The summed E-state index contributed by atoms with van der Waals surface area (Å²) in [7, 11) is 0. The molecule has 3 aromatic carbocycles. The number of esters is 2. The van der Waals surface area contributed by atoms with Crippen LogP contribution < -0.4 is 0 Å². The molecule has 0 bridgehead atoms. The number of rotatable bonds is 8. The van der Waals surface area contributed by atoms with Gasteiger partial charge >= 0.3 is 11.9 Å². The molecule has 0 saturated heterocycles. The number of benzene rings is 3. The van der Waals surface area contributed by atoms with Crippen LogP contribution >= 0.6 is 0 Å². The Bertz CT molecular complexity index is 1900. The van der Waals surface area contributed by atoms with Crippen molar-refractivity contribution in [3.63, 3.8) is 0 Å². The molecule has 0 aliphatic rings. The van der Waals surface area contributed by atoms with Crippen LogP contribution in [0.2, 0.25) is 0 Å². The number of ether oxygens (including phenoxy) is 2. The highest BCUT2D eigenvalue weighted by Crippen LogP contribution is 2.27. The summed E-state index contributed by atoms with van der Waals surface area (Å²) in [6.07, 6.45) is 0. The second-order valence-electron chi connectivity index (χ2n) is 8.74. The predicted octanol–water partition coefficient (Wildman–Crippen LogP) is 6.13. The van der Waals surface area contributed by atoms with Gasteiger partial charge in [0.1, 0.15) is 13.2 Å². The molecule has 0 amide bonds. The Morgan fingerprint density at radius 3 is 1.11 bits per heavy atom. The van der Waals surface area contributed by atoms with E-state index in [0.29, 0.717) is 0 Å². The highest BCUT2D eigenvalue weighted by Gasteiger charge is 2.34. The number of hydrogen-bond donors (Lipinski definition) is 0. The number of carbonyl (C=O) groups is 2. The highest BCUT2D eigenvalue weighted by atomic mass is 19.2. The van der Waals surface area contributed by atoms with Crippen LogP contribution in [0.15, 0.2) is 0 Å². The lowest BCUT2D eigenvalue weighted by molar-refractivity contribution is 0.0402. The molecule has 1 aromatic heterocycles. The average molecular weight is 697 g/mol. The van der Waals surface area contributed by atoms with Crippen molar-refractivity contribution in [2.45, 2.75) is 19.8 Å². The molecule has 250 valence electrons. The summed E-state index contributed by atoms with van der Waals surface area (Å²) >= 11 is 0. The van der Waals surface area contributed by atoms with E-state index < -0.39 is 147 Å². The second-order valence-corrected chi connectivity index (χ2v) is 8.74. The molecule has 0 aliphatic carbocycles. The third-order valence-corrected chi connectivity index (χ3v) is 6.03. The van der Waals surface area contributed by atoms with Crippen molar-refractivity contribution >= 4 is 11.9 Å². The largest absolute Gasteiger partial charge is 0.456 e. The predicted molar refractivity (Wildman–Crippen MR) is 116 cm³/mol. The van der Waals surface area contributed by atoms with Crippen LogP contribution in [0.3, 0.4) is 0 Å². The molecule has 0 fully saturated rings. The van der Waals surface area contributed by atoms with Gasteiger partial charge in [0.15, 0.2) is 75.5 Å². The van der Waals surface area contributed by atoms with E-state index in [9.17, 15) is 75.4 Å². The fourth-order valence-corrected chi connectivity index (χ4v) is 3.67. The van der Waals surface area contributed by atoms with Gasteiger partial charge in [-0.05, 0) is 0 Å². The van der Waals surface area contributed by atoms with Crippen molar-refractivity contribution in [2.24, 2.45) is 0 Å². The maximum atomic E-state index is 14.3. The third-order valence-electron chi connectivity index (χ3n) is 6.03. The molecule has 7 nitrogen and oxygen atoms in total. The van der Waals surface area contributed by atoms with Crippen LogP contribution in [-0.2, 0) is 29.2 Å². The summed E-state index contributed by atoms with van der Waals surface area (Å²) in [5.74, 6) is -42.2. The summed E-state index contributed by atoms with van der Waals surface area (Å²) in [5.41, 5.74) is -8.47. The van der Waals surface area contributed by atoms with Crippen LogP contribution in [0.1, 0.15) is 37.7 Å². The zero-order valence-electron chi connectivity index (χ0n) is 21.8. The fourth-order valence-electron chi connectivity index (χ4n) is 3.67. The molecule has 0 atom stereocenters. The monoisotopic (exact) mass is 697 g/mol. The zero-order valence-corrected chi connectivity index (χ0v) is 21.8. The Morgan fingerprint density at radius 1 is 0.447 bits per heavy atom. The molecule has 0 spiro atoms. The van der Waals surface area contributed by atoms with Gasteiger partial charge in [-0.2, -0.15) is 0 Å². The van der Waals surface area contributed by atoms with E-state index in [2.05, 4.69) is 19.8 Å². The summed E-state index contributed by atoms with van der Waals surface area (Å²) in [6, 6.07) is 0. The van der Waals surface area contributed by atoms with Gasteiger partial charge in [0, 0.05) is 0 Å². The first-order valence-corrected chi connectivity index (χ1v) is 11.7. The Labute approximate surface area is 247 Å². The summed E-state index contributed by atoms with van der Waals surface area (Å²) in [4.78, 5) is 25.5. The van der Waals surface area contributed by atoms with Gasteiger partial charge in [-0.25, -0.2) is 80.1 Å². The lowest BCUT2D eigenvalue weighted by Crippen LogP contribution is -2.21. The number of aromatic nitrogens is 3. The van der Waals surface area contributed by atoms with Crippen molar-refractivity contribution in [3.05, 3.63) is 115 Å². The van der Waals surface area contributed by atoms with Crippen LogP contribution in [0.5, 0.6) is 0 Å². The Balaban J connectivity index is 1.76. The van der Waals surface area contributed by atoms with Crippen LogP contribution in [0.4, 0.5) is 65.9 Å². The van der Waals surface area contributed by atoms with E-state index in [1.54, 1.807) is 0 Å². The Hall–Kier alpha value is -5.31. The topological polar surface area (TPSA) is 83.3 Å². The van der Waals surface area contributed by atoms with E-state index >= 15 is 0 Å². The first-order valence-electron chi connectivity index (χ1n) is 11.7. The smallest absolute Gasteiger partial charge is 0.361 e. The van der Waals surface area contributed by atoms with Crippen molar-refractivity contribution in [3.8, 4) is 0 Å². The van der Waals surface area contributed by atoms with E-state index in [4.69, 9.17) is 0 Å². The van der Waals surface area contributed by atoms with Gasteiger partial charge in [0.2, 0.25) is 23.1 Å². The standard InChI is InChI=1S/C25H6F15N3O4/c26-7-4(8(27)14(33)19(38)13(7)32)1-43-23(25(45)47-3-6-11(30)17(36)21(40)18(37)12(6)31)22(41-42-43)24(44)46-2-5-9(28)15(34)20(39)16(35)10(5)29/h1-3H2. The average Bonchev–Trinajstić information content (AvgIpc) is 3.48. The first kappa shape index (κ1) is 34.6. The molecule has 0 unspecified atom stereocenters. The molecular formula is C25H6F15N3O4. The van der Waals surface area contributed by atoms with Crippen molar-refractivity contribution in [1.82, 2.24) is 15.0 Å². The minimum absolute atomic E-state index is 0.159. The van der Waals surface area contributed by atoms with E-state index in [0.717, 1.165) is 0 Å². The van der Waals surface area contributed by atoms with Gasteiger partial charge in [-0.3, -0.25) is 0 Å².